The molecular formula is C15H13FN2O3. The lowest BCUT2D eigenvalue weighted by Gasteiger charge is -2.08. The Kier molecular flexibility index (Phi) is 4.27. The van der Waals surface area contributed by atoms with Gasteiger partial charge in [-0.15, -0.1) is 0 Å². The molecule has 0 bridgehead atoms. The maximum Gasteiger partial charge on any atom is 0.328 e. The first-order valence-corrected chi connectivity index (χ1v) is 6.20. The van der Waals surface area contributed by atoms with E-state index in [1.54, 1.807) is 13.0 Å². The molecule has 6 heteroatoms. The predicted octanol–water partition coefficient (Wildman–Crippen LogP) is 1.84. The van der Waals surface area contributed by atoms with Gasteiger partial charge in [-0.1, -0.05) is 6.07 Å². The van der Waals surface area contributed by atoms with Gasteiger partial charge in [0.1, 0.15) is 5.82 Å². The molecule has 0 saturated heterocycles. The van der Waals surface area contributed by atoms with Crippen molar-refractivity contribution in [1.29, 1.82) is 0 Å². The molecule has 21 heavy (non-hydrogen) atoms. The number of carboxylic acid groups (broad SMARTS) is 1. The number of rotatable bonds is 4. The third-order valence-electron chi connectivity index (χ3n) is 2.83. The molecule has 0 fully saturated rings. The third kappa shape index (κ3) is 3.85. The van der Waals surface area contributed by atoms with Crippen LogP contribution in [0, 0.1) is 12.7 Å². The Bertz CT molecular complexity index is 766. The molecule has 2 rings (SSSR count). The molecule has 0 atom stereocenters. The van der Waals surface area contributed by atoms with Gasteiger partial charge in [0.05, 0.1) is 12.2 Å². The average Bonchev–Trinajstić information content (AvgIpc) is 2.43. The highest BCUT2D eigenvalue weighted by atomic mass is 19.1. The summed E-state index contributed by atoms with van der Waals surface area (Å²) in [6.45, 7) is 1.89. The molecule has 108 valence electrons. The van der Waals surface area contributed by atoms with E-state index >= 15 is 0 Å². The number of aryl methyl sites for hydroxylation is 1. The minimum absolute atomic E-state index is 0.139. The van der Waals surface area contributed by atoms with Gasteiger partial charge in [-0.25, -0.2) is 13.9 Å². The van der Waals surface area contributed by atoms with Crippen LogP contribution in [0.3, 0.4) is 0 Å². The van der Waals surface area contributed by atoms with Crippen molar-refractivity contribution in [2.75, 3.05) is 0 Å². The second-order valence-electron chi connectivity index (χ2n) is 4.49. The topological polar surface area (TPSA) is 72.2 Å². The fourth-order valence-corrected chi connectivity index (χ4v) is 1.85. The Hall–Kier alpha value is -2.76. The van der Waals surface area contributed by atoms with Gasteiger partial charge in [0.25, 0.3) is 5.56 Å². The first-order chi connectivity index (χ1) is 9.95. The molecular weight excluding hydrogens is 275 g/mol. The lowest BCUT2D eigenvalue weighted by molar-refractivity contribution is -0.131. The summed E-state index contributed by atoms with van der Waals surface area (Å²) in [6, 6.07) is 6.99. The fraction of sp³-hybridized carbons (Fsp3) is 0.133. The Labute approximate surface area is 120 Å². The van der Waals surface area contributed by atoms with Crippen molar-refractivity contribution in [2.45, 2.75) is 13.5 Å². The van der Waals surface area contributed by atoms with Gasteiger partial charge in [-0.3, -0.25) is 4.79 Å². The molecule has 0 radical (unpaired) electrons. The van der Waals surface area contributed by atoms with Crippen LogP contribution in [0.15, 0.2) is 41.2 Å². The van der Waals surface area contributed by atoms with E-state index < -0.39 is 11.8 Å². The van der Waals surface area contributed by atoms with Crippen LogP contribution >= 0.6 is 0 Å². The number of carbonyl (C=O) groups is 1. The van der Waals surface area contributed by atoms with Crippen molar-refractivity contribution in [3.05, 3.63) is 69.4 Å². The van der Waals surface area contributed by atoms with E-state index in [9.17, 15) is 14.0 Å². The Morgan fingerprint density at radius 1 is 1.38 bits per heavy atom. The van der Waals surface area contributed by atoms with E-state index in [4.69, 9.17) is 5.11 Å². The summed E-state index contributed by atoms with van der Waals surface area (Å²) >= 11 is 0. The number of aliphatic carboxylic acids is 1. The quantitative estimate of drug-likeness (QED) is 0.871. The molecule has 0 aliphatic heterocycles. The summed E-state index contributed by atoms with van der Waals surface area (Å²) < 4.78 is 14.5. The molecule has 1 aromatic heterocycles. The summed E-state index contributed by atoms with van der Waals surface area (Å²) in [6.07, 6.45) is 2.21. The van der Waals surface area contributed by atoms with Gasteiger partial charge >= 0.3 is 5.97 Å². The monoisotopic (exact) mass is 288 g/mol. The average molecular weight is 288 g/mol. The minimum Gasteiger partial charge on any atom is -0.478 e. The van der Waals surface area contributed by atoms with Crippen LogP contribution in [0.4, 0.5) is 4.39 Å². The summed E-state index contributed by atoms with van der Waals surface area (Å²) in [5.41, 5.74) is 1.40. The van der Waals surface area contributed by atoms with Crippen LogP contribution in [0.25, 0.3) is 6.08 Å². The van der Waals surface area contributed by atoms with Crippen molar-refractivity contribution >= 4 is 12.0 Å². The van der Waals surface area contributed by atoms with Gasteiger partial charge in [0, 0.05) is 12.1 Å². The normalized spacial score (nSPS) is 11.0. The number of halogens is 1. The first kappa shape index (κ1) is 14.6. The van der Waals surface area contributed by atoms with E-state index in [2.05, 4.69) is 5.10 Å². The van der Waals surface area contributed by atoms with Gasteiger partial charge in [0.15, 0.2) is 0 Å². The minimum atomic E-state index is -1.13. The van der Waals surface area contributed by atoms with Crippen LogP contribution in [-0.2, 0) is 11.3 Å². The van der Waals surface area contributed by atoms with Crippen molar-refractivity contribution in [3.63, 3.8) is 0 Å². The molecule has 1 heterocycles. The second kappa shape index (κ2) is 6.13. The van der Waals surface area contributed by atoms with Gasteiger partial charge in [-0.05, 0) is 42.3 Å². The van der Waals surface area contributed by atoms with E-state index in [0.29, 0.717) is 16.8 Å². The molecule has 1 aromatic carbocycles. The van der Waals surface area contributed by atoms with E-state index in [1.807, 2.05) is 0 Å². The summed E-state index contributed by atoms with van der Waals surface area (Å²) in [4.78, 5) is 22.3. The number of hydrogen-bond acceptors (Lipinski definition) is 3. The molecule has 0 aliphatic carbocycles. The maximum atomic E-state index is 13.3. The van der Waals surface area contributed by atoms with Crippen molar-refractivity contribution in [2.24, 2.45) is 0 Å². The van der Waals surface area contributed by atoms with Crippen LogP contribution in [0.2, 0.25) is 0 Å². The van der Waals surface area contributed by atoms with Gasteiger partial charge < -0.3 is 5.11 Å². The Balaban J connectivity index is 2.42. The SMILES string of the molecule is Cc1ccc(=O)n(Cc2ccc(F)cc2C=CC(=O)O)n1. The largest absolute Gasteiger partial charge is 0.478 e. The molecule has 0 saturated carbocycles. The number of hydrogen-bond donors (Lipinski definition) is 1. The van der Waals surface area contributed by atoms with Crippen molar-refractivity contribution in [1.82, 2.24) is 9.78 Å². The van der Waals surface area contributed by atoms with Crippen LogP contribution < -0.4 is 5.56 Å². The molecule has 0 aliphatic rings. The molecule has 0 unspecified atom stereocenters. The third-order valence-corrected chi connectivity index (χ3v) is 2.83. The maximum absolute atomic E-state index is 13.3. The first-order valence-electron chi connectivity index (χ1n) is 6.20. The number of aromatic nitrogens is 2. The van der Waals surface area contributed by atoms with E-state index in [1.165, 1.54) is 35.0 Å². The summed E-state index contributed by atoms with van der Waals surface area (Å²) in [7, 11) is 0. The summed E-state index contributed by atoms with van der Waals surface area (Å²) in [5, 5.41) is 12.8. The van der Waals surface area contributed by atoms with Gasteiger partial charge in [-0.2, -0.15) is 5.10 Å². The van der Waals surface area contributed by atoms with Gasteiger partial charge in [0.2, 0.25) is 0 Å². The Morgan fingerprint density at radius 3 is 2.86 bits per heavy atom. The highest BCUT2D eigenvalue weighted by Gasteiger charge is 2.06. The standard InChI is InChI=1S/C15H13FN2O3/c1-10-2-6-14(19)18(17-10)9-12-3-5-13(16)8-11(12)4-7-15(20)21/h2-8H,9H2,1H3,(H,20,21). The van der Waals surface area contributed by atoms with E-state index in [0.717, 1.165) is 6.08 Å². The fourth-order valence-electron chi connectivity index (χ4n) is 1.85. The second-order valence-corrected chi connectivity index (χ2v) is 4.49. The zero-order valence-corrected chi connectivity index (χ0v) is 11.3. The molecule has 5 nitrogen and oxygen atoms in total. The highest BCUT2D eigenvalue weighted by Crippen LogP contribution is 2.14. The van der Waals surface area contributed by atoms with Crippen LogP contribution in [0.5, 0.6) is 0 Å². The zero-order valence-electron chi connectivity index (χ0n) is 11.3. The van der Waals surface area contributed by atoms with Crippen molar-refractivity contribution in [3.8, 4) is 0 Å². The lowest BCUT2D eigenvalue weighted by Crippen LogP contribution is -2.23. The van der Waals surface area contributed by atoms with Crippen LogP contribution in [0.1, 0.15) is 16.8 Å². The molecule has 2 aromatic rings. The zero-order chi connectivity index (χ0) is 15.4. The molecule has 0 spiro atoms. The summed E-state index contributed by atoms with van der Waals surface area (Å²) in [5.74, 6) is -1.61. The lowest BCUT2D eigenvalue weighted by atomic mass is 10.1. The highest BCUT2D eigenvalue weighted by molar-refractivity contribution is 5.85. The van der Waals surface area contributed by atoms with Crippen molar-refractivity contribution < 1.29 is 14.3 Å². The smallest absolute Gasteiger partial charge is 0.328 e. The van der Waals surface area contributed by atoms with Crippen LogP contribution in [-0.4, -0.2) is 20.9 Å². The number of carboxylic acids is 1. The number of nitrogens with zero attached hydrogens (tertiary/aromatic N) is 2. The van der Waals surface area contributed by atoms with E-state index in [-0.39, 0.29) is 12.1 Å². The predicted molar refractivity (Wildman–Crippen MR) is 75.4 cm³/mol. The Morgan fingerprint density at radius 2 is 2.14 bits per heavy atom. The number of benzene rings is 1. The molecule has 0 amide bonds. The molecule has 1 N–H and O–H groups in total.